The number of urea groups is 1. The molecule has 2 heterocycles. The predicted octanol–water partition coefficient (Wildman–Crippen LogP) is 4.40. The summed E-state index contributed by atoms with van der Waals surface area (Å²) in [5.74, 6) is 2.03. The number of nitriles is 1. The first-order valence-electron chi connectivity index (χ1n) is 13.4. The van der Waals surface area contributed by atoms with Crippen molar-refractivity contribution in [1.29, 1.82) is 5.26 Å². The minimum atomic E-state index is -0.580. The highest BCUT2D eigenvalue weighted by molar-refractivity contribution is 5.88. The summed E-state index contributed by atoms with van der Waals surface area (Å²) in [4.78, 5) is 30.7. The van der Waals surface area contributed by atoms with E-state index < -0.39 is 11.4 Å². The van der Waals surface area contributed by atoms with E-state index in [9.17, 15) is 14.9 Å². The number of primary amides is 1. The molecule has 39 heavy (non-hydrogen) atoms. The van der Waals surface area contributed by atoms with Crippen LogP contribution in [0.5, 0.6) is 11.5 Å². The summed E-state index contributed by atoms with van der Waals surface area (Å²) in [7, 11) is 1.88. The van der Waals surface area contributed by atoms with Crippen molar-refractivity contribution in [3.8, 4) is 17.6 Å². The Morgan fingerprint density at radius 3 is 2.82 bits per heavy atom. The number of rotatable bonds is 9. The molecule has 4 rings (SSSR count). The Hall–Kier alpha value is -4.32. The first kappa shape index (κ1) is 27.7. The van der Waals surface area contributed by atoms with Crippen LogP contribution in [0, 0.1) is 18.3 Å². The predicted molar refractivity (Wildman–Crippen MR) is 148 cm³/mol. The van der Waals surface area contributed by atoms with E-state index in [4.69, 9.17) is 10.5 Å². The summed E-state index contributed by atoms with van der Waals surface area (Å²) in [6.07, 6.45) is 5.88. The maximum atomic E-state index is 13.4. The highest BCUT2D eigenvalue weighted by Gasteiger charge is 2.41. The van der Waals surface area contributed by atoms with Gasteiger partial charge in [-0.25, -0.2) is 9.78 Å². The molecule has 1 fully saturated rings. The molecule has 204 valence electrons. The second-order valence-corrected chi connectivity index (χ2v) is 10.1. The monoisotopic (exact) mass is 528 g/mol. The Morgan fingerprint density at radius 2 is 2.08 bits per heavy atom. The normalized spacial score (nSPS) is 17.4. The maximum absolute atomic E-state index is 13.4. The zero-order valence-electron chi connectivity index (χ0n) is 22.9. The average molecular weight is 529 g/mol. The van der Waals surface area contributed by atoms with Crippen LogP contribution < -0.4 is 15.8 Å². The summed E-state index contributed by atoms with van der Waals surface area (Å²) in [5.41, 5.74) is 7.88. The number of hydrogen-bond acceptors (Lipinski definition) is 5. The lowest BCUT2D eigenvalue weighted by Crippen LogP contribution is -2.43. The highest BCUT2D eigenvalue weighted by atomic mass is 16.5. The molecular formula is C30H36N6O3. The van der Waals surface area contributed by atoms with E-state index in [1.54, 1.807) is 12.3 Å². The van der Waals surface area contributed by atoms with Gasteiger partial charge in [0.05, 0.1) is 11.0 Å². The number of hydrogen-bond donors (Lipinski definition) is 2. The molecule has 3 aromatic rings. The number of ether oxygens (including phenoxy) is 1. The van der Waals surface area contributed by atoms with Crippen LogP contribution in [0.25, 0.3) is 0 Å². The van der Waals surface area contributed by atoms with Crippen molar-refractivity contribution in [2.24, 2.45) is 5.73 Å². The van der Waals surface area contributed by atoms with Gasteiger partial charge in [0.1, 0.15) is 23.4 Å². The van der Waals surface area contributed by atoms with E-state index in [0.717, 1.165) is 48.5 Å². The molecule has 3 amide bonds. The quantitative estimate of drug-likeness (QED) is 0.426. The molecule has 0 spiro atoms. The first-order chi connectivity index (χ1) is 18.8. The SMILES string of the molecule is CC[C@]1(c2cccc(Oc3cc(Cn4c(CCNC(N)=O)cnc4C)ccc3C#N)c2)CCCCN(C)C1=O. The number of nitrogens with zero attached hydrogens (tertiary/aromatic N) is 4. The molecule has 2 aromatic carbocycles. The lowest BCUT2D eigenvalue weighted by Gasteiger charge is -2.33. The number of imidazole rings is 1. The number of carbonyl (C=O) groups is 2. The lowest BCUT2D eigenvalue weighted by molar-refractivity contribution is -0.135. The number of likely N-dealkylation sites (N-methyl/N-ethyl adjacent to an activating group) is 1. The number of nitrogens with two attached hydrogens (primary N) is 1. The number of aromatic nitrogens is 2. The molecule has 1 aliphatic rings. The molecule has 0 aliphatic carbocycles. The van der Waals surface area contributed by atoms with Gasteiger partial charge >= 0.3 is 6.03 Å². The van der Waals surface area contributed by atoms with Crippen LogP contribution in [0.4, 0.5) is 4.79 Å². The summed E-state index contributed by atoms with van der Waals surface area (Å²) in [6.45, 7) is 5.70. The minimum Gasteiger partial charge on any atom is -0.456 e. The summed E-state index contributed by atoms with van der Waals surface area (Å²) >= 11 is 0. The van der Waals surface area contributed by atoms with E-state index in [0.29, 0.717) is 43.0 Å². The number of carbonyl (C=O) groups excluding carboxylic acids is 2. The largest absolute Gasteiger partial charge is 0.456 e. The van der Waals surface area contributed by atoms with Gasteiger partial charge in [0, 0.05) is 45.0 Å². The van der Waals surface area contributed by atoms with Crippen LogP contribution in [0.1, 0.15) is 60.8 Å². The third-order valence-corrected chi connectivity index (χ3v) is 7.65. The van der Waals surface area contributed by atoms with Gasteiger partial charge in [-0.3, -0.25) is 4.79 Å². The zero-order valence-corrected chi connectivity index (χ0v) is 22.9. The Kier molecular flexibility index (Phi) is 8.55. The van der Waals surface area contributed by atoms with Crippen LogP contribution in [-0.2, 0) is 23.2 Å². The van der Waals surface area contributed by atoms with Gasteiger partial charge in [-0.1, -0.05) is 31.5 Å². The number of aryl methyl sites for hydroxylation is 1. The Balaban J connectivity index is 1.60. The second-order valence-electron chi connectivity index (χ2n) is 10.1. The highest BCUT2D eigenvalue weighted by Crippen LogP contribution is 2.39. The zero-order chi connectivity index (χ0) is 28.0. The van der Waals surface area contributed by atoms with Gasteiger partial charge in [-0.15, -0.1) is 0 Å². The van der Waals surface area contributed by atoms with Crippen LogP contribution in [0.15, 0.2) is 48.7 Å². The van der Waals surface area contributed by atoms with E-state index in [2.05, 4.69) is 27.9 Å². The van der Waals surface area contributed by atoms with Crippen molar-refractivity contribution in [3.63, 3.8) is 0 Å². The topological polar surface area (TPSA) is 126 Å². The van der Waals surface area contributed by atoms with Gasteiger partial charge in [0.2, 0.25) is 5.91 Å². The molecule has 1 aromatic heterocycles. The fraction of sp³-hybridized carbons (Fsp3) is 0.400. The van der Waals surface area contributed by atoms with Crippen molar-refractivity contribution < 1.29 is 14.3 Å². The van der Waals surface area contributed by atoms with Crippen LogP contribution in [0.2, 0.25) is 0 Å². The smallest absolute Gasteiger partial charge is 0.312 e. The molecule has 3 N–H and O–H groups in total. The molecule has 1 saturated heterocycles. The van der Waals surface area contributed by atoms with E-state index in [1.807, 2.05) is 55.3 Å². The van der Waals surface area contributed by atoms with Gasteiger partial charge < -0.3 is 25.3 Å². The molecule has 1 aliphatic heterocycles. The van der Waals surface area contributed by atoms with Gasteiger partial charge in [0.25, 0.3) is 0 Å². The first-order valence-corrected chi connectivity index (χ1v) is 13.4. The van der Waals surface area contributed by atoms with Crippen molar-refractivity contribution in [2.75, 3.05) is 20.1 Å². The molecule has 0 saturated carbocycles. The van der Waals surface area contributed by atoms with Crippen molar-refractivity contribution in [3.05, 3.63) is 76.9 Å². The molecule has 0 bridgehead atoms. The number of benzene rings is 2. The average Bonchev–Trinajstić information content (AvgIpc) is 3.19. The Bertz CT molecular complexity index is 1390. The fourth-order valence-corrected chi connectivity index (χ4v) is 5.40. The number of likely N-dealkylation sites (tertiary alicyclic amines) is 1. The maximum Gasteiger partial charge on any atom is 0.312 e. The molecule has 9 heteroatoms. The van der Waals surface area contributed by atoms with Crippen LogP contribution >= 0.6 is 0 Å². The molecular weight excluding hydrogens is 492 g/mol. The van der Waals surface area contributed by atoms with Gasteiger partial charge in [-0.05, 0) is 61.6 Å². The van der Waals surface area contributed by atoms with E-state index >= 15 is 0 Å². The van der Waals surface area contributed by atoms with Gasteiger partial charge in [0.15, 0.2) is 0 Å². The number of nitrogens with one attached hydrogen (secondary N) is 1. The Morgan fingerprint density at radius 1 is 1.26 bits per heavy atom. The molecule has 9 nitrogen and oxygen atoms in total. The summed E-state index contributed by atoms with van der Waals surface area (Å²) in [5, 5.41) is 12.4. The minimum absolute atomic E-state index is 0.150. The van der Waals surface area contributed by atoms with Crippen molar-refractivity contribution >= 4 is 11.9 Å². The lowest BCUT2D eigenvalue weighted by atomic mass is 9.73. The Labute approximate surface area is 229 Å². The van der Waals surface area contributed by atoms with Crippen LogP contribution in [-0.4, -0.2) is 46.5 Å². The summed E-state index contributed by atoms with van der Waals surface area (Å²) in [6, 6.07) is 14.9. The fourth-order valence-electron chi connectivity index (χ4n) is 5.40. The standard InChI is InChI=1S/C30H36N6O3/c1-4-30(13-5-6-15-35(3)28(30)37)24-8-7-9-26(17-24)39-27-16-22(10-11-23(27)18-31)20-36-21(2)34-19-25(36)12-14-33-29(32)38/h7-11,16-17,19H,4-6,12-15,20H2,1-3H3,(H3,32,33,38)/t30-/m1/s1. The van der Waals surface area contributed by atoms with Crippen molar-refractivity contribution in [1.82, 2.24) is 19.8 Å². The number of amides is 3. The second kappa shape index (κ2) is 12.0. The van der Waals surface area contributed by atoms with E-state index in [1.165, 1.54) is 0 Å². The third-order valence-electron chi connectivity index (χ3n) is 7.65. The summed E-state index contributed by atoms with van der Waals surface area (Å²) < 4.78 is 8.36. The van der Waals surface area contributed by atoms with E-state index in [-0.39, 0.29) is 5.91 Å². The molecule has 1 atom stereocenters. The molecule has 0 radical (unpaired) electrons. The third kappa shape index (κ3) is 6.06. The van der Waals surface area contributed by atoms with Crippen molar-refractivity contribution in [2.45, 2.75) is 57.9 Å². The van der Waals surface area contributed by atoms with Gasteiger partial charge in [-0.2, -0.15) is 5.26 Å². The van der Waals surface area contributed by atoms with Crippen LogP contribution in [0.3, 0.4) is 0 Å². The molecule has 0 unspecified atom stereocenters.